The maximum absolute atomic E-state index is 3.74. The molecular formula is C77H54N2. The second-order valence-electron chi connectivity index (χ2n) is 20.3. The maximum atomic E-state index is 3.74. The van der Waals surface area contributed by atoms with Gasteiger partial charge in [0.25, 0.3) is 0 Å². The van der Waals surface area contributed by atoms with Gasteiger partial charge in [0.2, 0.25) is 0 Å². The standard InChI is InChI=1S/C39H28N2.C38H26/c1-3-13-27(14-4-1)37-31-17-7-9-19-33(31)38(34-20-10-8-18-32(34)37)28-23-25-30(26-24-28)41-36-22-12-11-21-35(36)40-39(41)29-15-5-2-6-16-29;1-5-13-27(14-6-1)31-21-23-33-34-24-22-32(28-15-7-2-8-16-28)26-36(34)38(30-19-11-4-12-20-30)37(35(33)25-31)29-17-9-3-10-18-29/h1-26,39-40H;1-26H. The second-order valence-corrected chi connectivity index (χ2v) is 20.3. The van der Waals surface area contributed by atoms with Gasteiger partial charge in [-0.3, -0.25) is 0 Å². The number of nitrogens with zero attached hydrogens (tertiary/aromatic N) is 1. The Hall–Kier alpha value is -10.3. The van der Waals surface area contributed by atoms with Crippen LogP contribution in [0.15, 0.2) is 315 Å². The Morgan fingerprint density at radius 3 is 0.987 bits per heavy atom. The second kappa shape index (κ2) is 20.7. The predicted molar refractivity (Wildman–Crippen MR) is 337 cm³/mol. The first-order chi connectivity index (χ1) is 39.2. The summed E-state index contributed by atoms with van der Waals surface area (Å²) in [5.74, 6) is 0. The number of rotatable bonds is 8. The Morgan fingerprint density at radius 1 is 0.228 bits per heavy atom. The molecule has 2 nitrogen and oxygen atoms in total. The van der Waals surface area contributed by atoms with E-state index in [2.05, 4.69) is 326 Å². The van der Waals surface area contributed by atoms with Gasteiger partial charge in [0, 0.05) is 5.69 Å². The molecule has 0 bridgehead atoms. The fourth-order valence-corrected chi connectivity index (χ4v) is 12.1. The third-order valence-electron chi connectivity index (χ3n) is 15.7. The molecule has 1 unspecified atom stereocenters. The molecule has 0 aromatic heterocycles. The van der Waals surface area contributed by atoms with E-state index in [0.29, 0.717) is 0 Å². The van der Waals surface area contributed by atoms with Crippen LogP contribution >= 0.6 is 0 Å². The van der Waals surface area contributed by atoms with Crippen molar-refractivity contribution >= 4 is 60.2 Å². The highest BCUT2D eigenvalue weighted by Crippen LogP contribution is 2.49. The van der Waals surface area contributed by atoms with Crippen LogP contribution in [0, 0.1) is 0 Å². The summed E-state index contributed by atoms with van der Waals surface area (Å²) < 4.78 is 0. The van der Waals surface area contributed by atoms with Crippen LogP contribution in [0.1, 0.15) is 11.7 Å². The van der Waals surface area contributed by atoms with E-state index in [-0.39, 0.29) is 6.17 Å². The van der Waals surface area contributed by atoms with Crippen molar-refractivity contribution in [2.24, 2.45) is 0 Å². The highest BCUT2D eigenvalue weighted by atomic mass is 15.3. The first-order valence-corrected chi connectivity index (χ1v) is 27.3. The minimum atomic E-state index is 0.0336. The van der Waals surface area contributed by atoms with Gasteiger partial charge in [-0.25, -0.2) is 0 Å². The first kappa shape index (κ1) is 47.2. The van der Waals surface area contributed by atoms with Gasteiger partial charge in [0.15, 0.2) is 0 Å². The molecule has 15 rings (SSSR count). The smallest absolute Gasteiger partial charge is 0.130 e. The van der Waals surface area contributed by atoms with Crippen molar-refractivity contribution in [2.45, 2.75) is 6.17 Å². The van der Waals surface area contributed by atoms with Crippen molar-refractivity contribution in [1.29, 1.82) is 0 Å². The fraction of sp³-hybridized carbons (Fsp3) is 0.0130. The summed E-state index contributed by atoms with van der Waals surface area (Å²) in [6, 6.07) is 114. The van der Waals surface area contributed by atoms with Gasteiger partial charge < -0.3 is 10.2 Å². The average molecular weight is 1010 g/mol. The van der Waals surface area contributed by atoms with Crippen LogP contribution in [0.3, 0.4) is 0 Å². The molecule has 14 aromatic rings. The number of nitrogens with one attached hydrogen (secondary N) is 1. The number of anilines is 3. The van der Waals surface area contributed by atoms with Crippen LogP contribution in [0.4, 0.5) is 17.1 Å². The Morgan fingerprint density at radius 2 is 0.557 bits per heavy atom. The summed E-state index contributed by atoms with van der Waals surface area (Å²) in [6.45, 7) is 0. The molecule has 0 amide bonds. The first-order valence-electron chi connectivity index (χ1n) is 27.3. The van der Waals surface area contributed by atoms with Crippen molar-refractivity contribution in [1.82, 2.24) is 0 Å². The molecule has 0 radical (unpaired) electrons. The highest BCUT2D eigenvalue weighted by Gasteiger charge is 2.31. The number of para-hydroxylation sites is 2. The topological polar surface area (TPSA) is 15.3 Å². The van der Waals surface area contributed by atoms with E-state index in [1.54, 1.807) is 0 Å². The van der Waals surface area contributed by atoms with Crippen LogP contribution in [0.2, 0.25) is 0 Å². The Bertz CT molecular complexity index is 4270. The summed E-state index contributed by atoms with van der Waals surface area (Å²) in [5, 5.41) is 13.9. The molecule has 2 heteroatoms. The lowest BCUT2D eigenvalue weighted by molar-refractivity contribution is 0.828. The Kier molecular flexibility index (Phi) is 12.4. The largest absolute Gasteiger partial charge is 0.359 e. The van der Waals surface area contributed by atoms with Crippen molar-refractivity contribution in [3.63, 3.8) is 0 Å². The van der Waals surface area contributed by atoms with E-state index < -0.39 is 0 Å². The third kappa shape index (κ3) is 8.76. The van der Waals surface area contributed by atoms with Gasteiger partial charge in [-0.2, -0.15) is 0 Å². The minimum Gasteiger partial charge on any atom is -0.359 e. The molecule has 1 heterocycles. The molecule has 79 heavy (non-hydrogen) atoms. The van der Waals surface area contributed by atoms with E-state index in [9.17, 15) is 0 Å². The summed E-state index contributed by atoms with van der Waals surface area (Å²) >= 11 is 0. The lowest BCUT2D eigenvalue weighted by Gasteiger charge is -2.27. The van der Waals surface area contributed by atoms with Gasteiger partial charge in [-0.1, -0.05) is 279 Å². The lowest BCUT2D eigenvalue weighted by Crippen LogP contribution is -2.23. The van der Waals surface area contributed by atoms with Gasteiger partial charge in [0.1, 0.15) is 6.17 Å². The summed E-state index contributed by atoms with van der Waals surface area (Å²) in [5.41, 5.74) is 19.7. The average Bonchev–Trinajstić information content (AvgIpc) is 4.03. The molecule has 14 aromatic carbocycles. The SMILES string of the molecule is c1ccc(-c2c3ccccc3c(-c3ccc(N4c5ccccc5NC4c4ccccc4)cc3)c3ccccc23)cc1.c1ccc(-c2ccc3c(c2)c(-c2ccccc2)c(-c2ccccc2)c2cc(-c4ccccc4)ccc23)cc1. The molecule has 1 N–H and O–H groups in total. The molecular weight excluding hydrogens is 953 g/mol. The van der Waals surface area contributed by atoms with Crippen LogP contribution in [-0.4, -0.2) is 0 Å². The molecule has 0 saturated heterocycles. The number of hydrogen-bond donors (Lipinski definition) is 1. The molecule has 0 saturated carbocycles. The van der Waals surface area contributed by atoms with Crippen LogP contribution < -0.4 is 10.2 Å². The van der Waals surface area contributed by atoms with E-state index in [0.717, 1.165) is 11.4 Å². The highest BCUT2D eigenvalue weighted by molar-refractivity contribution is 6.23. The predicted octanol–water partition coefficient (Wildman–Crippen LogP) is 21.3. The Balaban J connectivity index is 0.000000143. The lowest BCUT2D eigenvalue weighted by atomic mass is 9.83. The number of benzene rings is 14. The van der Waals surface area contributed by atoms with Gasteiger partial charge >= 0.3 is 0 Å². The zero-order valence-corrected chi connectivity index (χ0v) is 43.5. The fourth-order valence-electron chi connectivity index (χ4n) is 12.1. The number of fused-ring (bicyclic) bond motifs is 6. The summed E-state index contributed by atoms with van der Waals surface area (Å²) in [6.07, 6.45) is 0.0336. The molecule has 1 atom stereocenters. The third-order valence-corrected chi connectivity index (χ3v) is 15.7. The summed E-state index contributed by atoms with van der Waals surface area (Å²) in [7, 11) is 0. The van der Waals surface area contributed by atoms with E-state index in [1.165, 1.54) is 121 Å². The summed E-state index contributed by atoms with van der Waals surface area (Å²) in [4.78, 5) is 2.41. The molecule has 372 valence electrons. The van der Waals surface area contributed by atoms with Crippen molar-refractivity contribution in [3.05, 3.63) is 321 Å². The van der Waals surface area contributed by atoms with Gasteiger partial charge in [0.05, 0.1) is 11.4 Å². The molecule has 0 spiro atoms. The zero-order valence-electron chi connectivity index (χ0n) is 43.5. The molecule has 0 fully saturated rings. The monoisotopic (exact) mass is 1010 g/mol. The minimum absolute atomic E-state index is 0.0336. The molecule has 1 aliphatic rings. The van der Waals surface area contributed by atoms with E-state index in [1.807, 2.05) is 0 Å². The van der Waals surface area contributed by atoms with Crippen LogP contribution in [0.5, 0.6) is 0 Å². The normalized spacial score (nSPS) is 12.8. The van der Waals surface area contributed by atoms with Crippen molar-refractivity contribution in [3.8, 4) is 66.8 Å². The van der Waals surface area contributed by atoms with Gasteiger partial charge in [-0.15, -0.1) is 0 Å². The van der Waals surface area contributed by atoms with Crippen LogP contribution in [-0.2, 0) is 0 Å². The van der Waals surface area contributed by atoms with E-state index >= 15 is 0 Å². The maximum Gasteiger partial charge on any atom is 0.130 e. The molecule has 1 aliphatic heterocycles. The van der Waals surface area contributed by atoms with Crippen molar-refractivity contribution in [2.75, 3.05) is 10.2 Å². The zero-order chi connectivity index (χ0) is 52.5. The van der Waals surface area contributed by atoms with Crippen LogP contribution in [0.25, 0.3) is 110 Å². The van der Waals surface area contributed by atoms with E-state index in [4.69, 9.17) is 0 Å². The number of hydrogen-bond acceptors (Lipinski definition) is 2. The van der Waals surface area contributed by atoms with Gasteiger partial charge in [-0.05, 0) is 152 Å². The Labute approximate surface area is 461 Å². The molecule has 0 aliphatic carbocycles. The van der Waals surface area contributed by atoms with Crippen molar-refractivity contribution < 1.29 is 0 Å². The quantitative estimate of drug-likeness (QED) is 0.121.